The van der Waals surface area contributed by atoms with E-state index in [1.54, 1.807) is 0 Å². The Labute approximate surface area is 183 Å². The molecule has 0 spiro atoms. The molecule has 4 heteroatoms. The molecule has 0 bridgehead atoms. The van der Waals surface area contributed by atoms with Crippen LogP contribution in [-0.4, -0.2) is 21.5 Å². The summed E-state index contributed by atoms with van der Waals surface area (Å²) in [5.41, 5.74) is 13.6. The van der Waals surface area contributed by atoms with Gasteiger partial charge in [0.1, 0.15) is 11.5 Å². The number of unbranched alkanes of at least 4 members (excludes halogenated alkanes) is 2. The molecule has 0 saturated heterocycles. The first kappa shape index (κ1) is 20.0. The van der Waals surface area contributed by atoms with E-state index in [1.165, 1.54) is 29.5 Å². The van der Waals surface area contributed by atoms with Crippen molar-refractivity contribution >= 4 is 11.0 Å². The number of nitrogens with two attached hydrogens (primary N) is 1. The number of aromatic nitrogens is 3. The van der Waals surface area contributed by atoms with Crippen LogP contribution in [0.4, 0.5) is 0 Å². The molecule has 0 aliphatic heterocycles. The van der Waals surface area contributed by atoms with Gasteiger partial charge >= 0.3 is 0 Å². The number of hydrogen-bond donors (Lipinski definition) is 2. The minimum atomic E-state index is -0.0477. The largest absolute Gasteiger partial charge is 0.346 e. The van der Waals surface area contributed by atoms with E-state index in [0.717, 1.165) is 53.8 Å². The molecule has 2 heterocycles. The van der Waals surface area contributed by atoms with E-state index in [1.807, 2.05) is 6.20 Å². The Bertz CT molecular complexity index is 1180. The normalized spacial score (nSPS) is 14.8. The molecule has 0 unspecified atom stereocenters. The predicted molar refractivity (Wildman–Crippen MR) is 127 cm³/mol. The minimum absolute atomic E-state index is 0.0477. The molecule has 1 aliphatic carbocycles. The summed E-state index contributed by atoms with van der Waals surface area (Å²) >= 11 is 0. The highest BCUT2D eigenvalue weighted by atomic mass is 14.9. The van der Waals surface area contributed by atoms with E-state index in [2.05, 4.69) is 66.5 Å². The van der Waals surface area contributed by atoms with Crippen molar-refractivity contribution in [2.75, 3.05) is 6.54 Å². The van der Waals surface area contributed by atoms with Crippen LogP contribution in [0.25, 0.3) is 22.3 Å². The van der Waals surface area contributed by atoms with Crippen molar-refractivity contribution in [3.8, 4) is 11.3 Å². The number of benzene rings is 2. The van der Waals surface area contributed by atoms with Gasteiger partial charge in [-0.15, -0.1) is 0 Å². The molecule has 5 rings (SSSR count). The maximum absolute atomic E-state index is 6.40. The maximum atomic E-state index is 6.40. The zero-order valence-electron chi connectivity index (χ0n) is 18.2. The first-order valence-corrected chi connectivity index (χ1v) is 11.4. The Hall–Kier alpha value is -2.98. The molecule has 1 aliphatic rings. The summed E-state index contributed by atoms with van der Waals surface area (Å²) in [6.45, 7) is 2.86. The van der Waals surface area contributed by atoms with Crippen molar-refractivity contribution in [1.82, 2.24) is 15.0 Å². The number of hydrogen-bond acceptors (Lipinski definition) is 3. The van der Waals surface area contributed by atoms with E-state index < -0.39 is 0 Å². The van der Waals surface area contributed by atoms with Gasteiger partial charge in [-0.3, -0.25) is 0 Å². The Morgan fingerprint density at radius 3 is 2.52 bits per heavy atom. The van der Waals surface area contributed by atoms with Crippen LogP contribution in [0, 0.1) is 0 Å². The molecule has 0 atom stereocenters. The molecule has 3 N–H and O–H groups in total. The van der Waals surface area contributed by atoms with Crippen LogP contribution in [0.1, 0.15) is 48.7 Å². The zero-order chi connectivity index (χ0) is 21.3. The van der Waals surface area contributed by atoms with Gasteiger partial charge in [-0.2, -0.15) is 0 Å². The van der Waals surface area contributed by atoms with Crippen molar-refractivity contribution in [2.45, 2.75) is 50.9 Å². The van der Waals surface area contributed by atoms with Crippen molar-refractivity contribution in [3.05, 3.63) is 83.3 Å². The molecule has 31 heavy (non-hydrogen) atoms. The highest BCUT2D eigenvalue weighted by Gasteiger charge is 2.37. The van der Waals surface area contributed by atoms with Crippen LogP contribution < -0.4 is 5.73 Å². The topological polar surface area (TPSA) is 67.6 Å². The second-order valence-corrected chi connectivity index (χ2v) is 8.87. The van der Waals surface area contributed by atoms with Crippen LogP contribution in [0.2, 0.25) is 0 Å². The SMILES string of the molecule is CCCCCc1nc(-c2cccc(C3(CN)Cc4ccccc4C3)c2)c2cc[nH]c2n1. The van der Waals surface area contributed by atoms with E-state index in [9.17, 15) is 0 Å². The van der Waals surface area contributed by atoms with Gasteiger partial charge in [0.15, 0.2) is 0 Å². The number of nitrogens with one attached hydrogen (secondary N) is 1. The molecule has 0 amide bonds. The molecule has 0 radical (unpaired) electrons. The summed E-state index contributed by atoms with van der Waals surface area (Å²) in [7, 11) is 0. The van der Waals surface area contributed by atoms with Crippen molar-refractivity contribution < 1.29 is 0 Å². The van der Waals surface area contributed by atoms with Gasteiger partial charge in [0.25, 0.3) is 0 Å². The van der Waals surface area contributed by atoms with Gasteiger partial charge in [-0.1, -0.05) is 62.2 Å². The summed E-state index contributed by atoms with van der Waals surface area (Å²) in [6, 6.07) is 19.7. The van der Waals surface area contributed by atoms with Crippen molar-refractivity contribution in [3.63, 3.8) is 0 Å². The van der Waals surface area contributed by atoms with Gasteiger partial charge in [0, 0.05) is 35.5 Å². The lowest BCUT2D eigenvalue weighted by Crippen LogP contribution is -2.36. The molecule has 158 valence electrons. The second-order valence-electron chi connectivity index (χ2n) is 8.87. The number of aryl methyl sites for hydroxylation is 1. The number of rotatable bonds is 7. The zero-order valence-corrected chi connectivity index (χ0v) is 18.2. The third kappa shape index (κ3) is 3.66. The average Bonchev–Trinajstić information content (AvgIpc) is 3.44. The van der Waals surface area contributed by atoms with Gasteiger partial charge in [-0.25, -0.2) is 9.97 Å². The molecular weight excluding hydrogens is 380 g/mol. The van der Waals surface area contributed by atoms with Crippen LogP contribution in [-0.2, 0) is 24.7 Å². The Kier molecular flexibility index (Phi) is 5.33. The summed E-state index contributed by atoms with van der Waals surface area (Å²) in [4.78, 5) is 13.1. The van der Waals surface area contributed by atoms with Crippen LogP contribution in [0.3, 0.4) is 0 Å². The van der Waals surface area contributed by atoms with Gasteiger partial charge in [-0.05, 0) is 48.1 Å². The van der Waals surface area contributed by atoms with Gasteiger partial charge in [0.2, 0.25) is 0 Å². The Morgan fingerprint density at radius 2 is 1.77 bits per heavy atom. The molecule has 0 fully saturated rings. The van der Waals surface area contributed by atoms with Crippen molar-refractivity contribution in [1.29, 1.82) is 0 Å². The number of aromatic amines is 1. The highest BCUT2D eigenvalue weighted by molar-refractivity contribution is 5.90. The van der Waals surface area contributed by atoms with E-state index in [4.69, 9.17) is 15.7 Å². The summed E-state index contributed by atoms with van der Waals surface area (Å²) in [5.74, 6) is 0.922. The quantitative estimate of drug-likeness (QED) is 0.403. The number of fused-ring (bicyclic) bond motifs is 2. The molecule has 4 nitrogen and oxygen atoms in total. The standard InChI is InChI=1S/C27H30N4/c1-2-3-4-12-24-30-25(23-13-14-29-26(23)31-24)19-10-7-11-22(15-19)27(18-28)16-20-8-5-6-9-21(20)17-27/h5-11,13-15H,2-4,12,16-18,28H2,1H3,(H,29,30,31). The fraction of sp³-hybridized carbons (Fsp3) is 0.333. The first-order valence-electron chi connectivity index (χ1n) is 11.4. The lowest BCUT2D eigenvalue weighted by molar-refractivity contribution is 0.464. The summed E-state index contributed by atoms with van der Waals surface area (Å²) in [5, 5.41) is 1.08. The van der Waals surface area contributed by atoms with E-state index in [-0.39, 0.29) is 5.41 Å². The average molecular weight is 411 g/mol. The number of nitrogens with zero attached hydrogens (tertiary/aromatic N) is 2. The highest BCUT2D eigenvalue weighted by Crippen LogP contribution is 2.40. The van der Waals surface area contributed by atoms with Gasteiger partial charge < -0.3 is 10.7 Å². The minimum Gasteiger partial charge on any atom is -0.346 e. The maximum Gasteiger partial charge on any atom is 0.141 e. The molecule has 2 aromatic carbocycles. The molecule has 4 aromatic rings. The smallest absolute Gasteiger partial charge is 0.141 e. The lowest BCUT2D eigenvalue weighted by Gasteiger charge is -2.28. The summed E-state index contributed by atoms with van der Waals surface area (Å²) < 4.78 is 0. The fourth-order valence-electron chi connectivity index (χ4n) is 5.01. The molecular formula is C27H30N4. The van der Waals surface area contributed by atoms with Crippen LogP contribution in [0.5, 0.6) is 0 Å². The predicted octanol–water partition coefficient (Wildman–Crippen LogP) is 5.35. The molecule has 0 saturated carbocycles. The molecule has 2 aromatic heterocycles. The van der Waals surface area contributed by atoms with Crippen LogP contribution in [0.15, 0.2) is 60.8 Å². The monoisotopic (exact) mass is 410 g/mol. The van der Waals surface area contributed by atoms with Crippen molar-refractivity contribution in [2.24, 2.45) is 5.73 Å². The Balaban J connectivity index is 1.55. The van der Waals surface area contributed by atoms with Crippen LogP contribution >= 0.6 is 0 Å². The van der Waals surface area contributed by atoms with E-state index in [0.29, 0.717) is 6.54 Å². The van der Waals surface area contributed by atoms with E-state index >= 15 is 0 Å². The number of H-pyrrole nitrogens is 1. The third-order valence-corrected chi connectivity index (χ3v) is 6.78. The first-order chi connectivity index (χ1) is 15.2. The van der Waals surface area contributed by atoms with Gasteiger partial charge in [0.05, 0.1) is 5.69 Å². The Morgan fingerprint density at radius 1 is 0.968 bits per heavy atom. The fourth-order valence-corrected chi connectivity index (χ4v) is 5.01. The lowest BCUT2D eigenvalue weighted by atomic mass is 9.77. The third-order valence-electron chi connectivity index (χ3n) is 6.78. The second kappa shape index (κ2) is 8.27. The summed E-state index contributed by atoms with van der Waals surface area (Å²) in [6.07, 6.45) is 8.38.